The van der Waals surface area contributed by atoms with Gasteiger partial charge < -0.3 is 5.32 Å². The average molecular weight is 312 g/mol. The topological polar surface area (TPSA) is 49.4 Å². The van der Waals surface area contributed by atoms with Crippen LogP contribution in [0.5, 0.6) is 0 Å². The molecule has 0 spiro atoms. The van der Waals surface area contributed by atoms with Crippen LogP contribution in [-0.4, -0.2) is 32.9 Å². The van der Waals surface area contributed by atoms with Crippen LogP contribution < -0.4 is 5.32 Å². The zero-order valence-electron chi connectivity index (χ0n) is 13.6. The maximum Gasteiger partial charge on any atom is 0.242 e. The second-order valence-corrected chi connectivity index (χ2v) is 7.36. The zero-order chi connectivity index (χ0) is 15.9. The zero-order valence-corrected chi connectivity index (χ0v) is 14.4. The van der Waals surface area contributed by atoms with E-state index in [1.54, 1.807) is 19.2 Å². The maximum absolute atomic E-state index is 12.5. The van der Waals surface area contributed by atoms with Crippen molar-refractivity contribution in [3.63, 3.8) is 0 Å². The van der Waals surface area contributed by atoms with Gasteiger partial charge in [0.1, 0.15) is 0 Å². The lowest BCUT2D eigenvalue weighted by atomic mass is 10.0. The molecule has 0 aliphatic rings. The van der Waals surface area contributed by atoms with Crippen LogP contribution in [0.3, 0.4) is 0 Å². The molecule has 4 nitrogen and oxygen atoms in total. The van der Waals surface area contributed by atoms with Crippen molar-refractivity contribution in [3.8, 4) is 0 Å². The summed E-state index contributed by atoms with van der Waals surface area (Å²) < 4.78 is 26.4. The molecule has 1 aromatic rings. The summed E-state index contributed by atoms with van der Waals surface area (Å²) >= 11 is 0. The van der Waals surface area contributed by atoms with Crippen molar-refractivity contribution in [2.45, 2.75) is 51.0 Å². The summed E-state index contributed by atoms with van der Waals surface area (Å²) in [7, 11) is -1.74. The Labute approximate surface area is 129 Å². The molecular formula is C16H28N2O2S. The molecule has 120 valence electrons. The Morgan fingerprint density at radius 1 is 1.19 bits per heavy atom. The monoisotopic (exact) mass is 312 g/mol. The number of nitrogens with zero attached hydrogens (tertiary/aromatic N) is 1. The van der Waals surface area contributed by atoms with Gasteiger partial charge in [-0.2, -0.15) is 0 Å². The number of hydrogen-bond donors (Lipinski definition) is 1. The van der Waals surface area contributed by atoms with Gasteiger partial charge in [-0.1, -0.05) is 32.9 Å². The lowest BCUT2D eigenvalue weighted by Gasteiger charge is -2.20. The largest absolute Gasteiger partial charge is 0.310 e. The molecule has 0 heterocycles. The van der Waals surface area contributed by atoms with Gasteiger partial charge >= 0.3 is 0 Å². The first-order valence-electron chi connectivity index (χ1n) is 7.77. The molecule has 0 radical (unpaired) electrons. The van der Waals surface area contributed by atoms with Crippen molar-refractivity contribution in [3.05, 3.63) is 29.8 Å². The van der Waals surface area contributed by atoms with Crippen LogP contribution in [0, 0.1) is 0 Å². The molecule has 1 atom stereocenters. The molecule has 1 rings (SSSR count). The Bertz CT molecular complexity index is 529. The molecule has 0 saturated heterocycles. The van der Waals surface area contributed by atoms with Crippen molar-refractivity contribution in [2.75, 3.05) is 20.1 Å². The first-order valence-corrected chi connectivity index (χ1v) is 9.21. The van der Waals surface area contributed by atoms with Crippen molar-refractivity contribution >= 4 is 10.0 Å². The van der Waals surface area contributed by atoms with E-state index >= 15 is 0 Å². The summed E-state index contributed by atoms with van der Waals surface area (Å²) in [6.45, 7) is 7.69. The second kappa shape index (κ2) is 8.51. The first kappa shape index (κ1) is 18.1. The smallest absolute Gasteiger partial charge is 0.242 e. The molecule has 0 aliphatic carbocycles. The summed E-state index contributed by atoms with van der Waals surface area (Å²) in [4.78, 5) is 0.382. The van der Waals surface area contributed by atoms with Crippen LogP contribution >= 0.6 is 0 Å². The third-order valence-corrected chi connectivity index (χ3v) is 5.41. The minimum absolute atomic E-state index is 0.205. The van der Waals surface area contributed by atoms with Gasteiger partial charge in [0, 0.05) is 19.6 Å². The molecule has 0 aromatic heterocycles. The summed E-state index contributed by atoms with van der Waals surface area (Å²) in [5, 5.41) is 3.46. The van der Waals surface area contributed by atoms with E-state index in [2.05, 4.69) is 19.2 Å². The Morgan fingerprint density at radius 3 is 2.48 bits per heavy atom. The van der Waals surface area contributed by atoms with Gasteiger partial charge in [0.2, 0.25) is 10.0 Å². The predicted molar refractivity (Wildman–Crippen MR) is 87.9 cm³/mol. The molecule has 1 aromatic carbocycles. The van der Waals surface area contributed by atoms with Crippen molar-refractivity contribution in [1.82, 2.24) is 9.62 Å². The van der Waals surface area contributed by atoms with Gasteiger partial charge in [0.25, 0.3) is 0 Å². The van der Waals surface area contributed by atoms with Gasteiger partial charge in [-0.3, -0.25) is 0 Å². The fourth-order valence-corrected chi connectivity index (χ4v) is 3.64. The number of nitrogens with one attached hydrogen (secondary N) is 1. The van der Waals surface area contributed by atoms with Crippen LogP contribution in [-0.2, 0) is 10.0 Å². The minimum Gasteiger partial charge on any atom is -0.310 e. The van der Waals surface area contributed by atoms with Gasteiger partial charge in [0.05, 0.1) is 4.90 Å². The molecule has 0 amide bonds. The van der Waals surface area contributed by atoms with E-state index < -0.39 is 10.0 Å². The van der Waals surface area contributed by atoms with Gasteiger partial charge in [0.15, 0.2) is 0 Å². The van der Waals surface area contributed by atoms with E-state index in [1.807, 2.05) is 19.1 Å². The number of benzene rings is 1. The normalized spacial score (nSPS) is 13.6. The quantitative estimate of drug-likeness (QED) is 0.762. The summed E-state index contributed by atoms with van der Waals surface area (Å²) in [5.74, 6) is 0. The number of rotatable bonds is 9. The molecule has 1 unspecified atom stereocenters. The minimum atomic E-state index is -3.38. The lowest BCUT2D eigenvalue weighted by Crippen LogP contribution is -2.28. The molecular weight excluding hydrogens is 284 g/mol. The second-order valence-electron chi connectivity index (χ2n) is 5.31. The molecule has 5 heteroatoms. The van der Waals surface area contributed by atoms with E-state index in [0.29, 0.717) is 11.4 Å². The fourth-order valence-electron chi connectivity index (χ4n) is 2.32. The van der Waals surface area contributed by atoms with E-state index in [9.17, 15) is 8.42 Å². The summed E-state index contributed by atoms with van der Waals surface area (Å²) in [6.07, 6.45) is 2.81. The molecule has 1 N–H and O–H groups in total. The van der Waals surface area contributed by atoms with E-state index in [1.165, 1.54) is 4.31 Å². The molecule has 0 fully saturated rings. The molecule has 0 aliphatic heterocycles. The Morgan fingerprint density at radius 2 is 1.90 bits per heavy atom. The van der Waals surface area contributed by atoms with E-state index in [-0.39, 0.29) is 6.04 Å². The molecule has 21 heavy (non-hydrogen) atoms. The van der Waals surface area contributed by atoms with Crippen LogP contribution in [0.4, 0.5) is 0 Å². The maximum atomic E-state index is 12.5. The summed E-state index contributed by atoms with van der Waals surface area (Å²) in [5.41, 5.74) is 1.04. The highest BCUT2D eigenvalue weighted by Gasteiger charge is 2.21. The van der Waals surface area contributed by atoms with E-state index in [4.69, 9.17) is 0 Å². The Hall–Kier alpha value is -0.910. The molecule has 0 saturated carbocycles. The number of sulfonamides is 1. The Kier molecular flexibility index (Phi) is 7.35. The Balaban J connectivity index is 3.04. The van der Waals surface area contributed by atoms with Crippen LogP contribution in [0.1, 0.15) is 51.6 Å². The van der Waals surface area contributed by atoms with Crippen LogP contribution in [0.2, 0.25) is 0 Å². The summed E-state index contributed by atoms with van der Waals surface area (Å²) in [6, 6.07) is 7.51. The van der Waals surface area contributed by atoms with Crippen LogP contribution in [0.15, 0.2) is 29.2 Å². The predicted octanol–water partition coefficient (Wildman–Crippen LogP) is 3.17. The van der Waals surface area contributed by atoms with E-state index in [0.717, 1.165) is 31.4 Å². The fraction of sp³-hybridized carbons (Fsp3) is 0.625. The van der Waals surface area contributed by atoms with Gasteiger partial charge in [-0.05, 0) is 43.5 Å². The number of hydrogen-bond acceptors (Lipinski definition) is 3. The highest BCUT2D eigenvalue weighted by atomic mass is 32.2. The first-order chi connectivity index (χ1) is 9.97. The third-order valence-electron chi connectivity index (χ3n) is 3.56. The van der Waals surface area contributed by atoms with Gasteiger partial charge in [-0.25, -0.2) is 12.7 Å². The highest BCUT2D eigenvalue weighted by Crippen LogP contribution is 2.22. The lowest BCUT2D eigenvalue weighted by molar-refractivity contribution is 0.468. The van der Waals surface area contributed by atoms with Crippen molar-refractivity contribution < 1.29 is 8.42 Å². The standard InChI is InChI=1S/C16H28N2O2S/c1-5-11-17-16(7-3)14-9-8-10-15(13-14)21(19,20)18(4)12-6-2/h8-10,13,16-17H,5-7,11-12H2,1-4H3. The highest BCUT2D eigenvalue weighted by molar-refractivity contribution is 7.89. The van der Waals surface area contributed by atoms with Crippen molar-refractivity contribution in [2.24, 2.45) is 0 Å². The molecule has 0 bridgehead atoms. The SMILES string of the molecule is CCCNC(CC)c1cccc(S(=O)(=O)N(C)CCC)c1. The van der Waals surface area contributed by atoms with Crippen LogP contribution in [0.25, 0.3) is 0 Å². The third kappa shape index (κ3) is 4.80. The van der Waals surface area contributed by atoms with Crippen molar-refractivity contribution in [1.29, 1.82) is 0 Å². The van der Waals surface area contributed by atoms with Gasteiger partial charge in [-0.15, -0.1) is 0 Å². The average Bonchev–Trinajstić information content (AvgIpc) is 2.48.